The van der Waals surface area contributed by atoms with Gasteiger partial charge in [0, 0.05) is 35.1 Å². The van der Waals surface area contributed by atoms with Crippen LogP contribution in [-0.4, -0.2) is 46.3 Å². The van der Waals surface area contributed by atoms with Gasteiger partial charge in [-0.05, 0) is 28.1 Å². The molecule has 7 heteroatoms. The number of thioether (sulfide) groups is 2. The summed E-state index contributed by atoms with van der Waals surface area (Å²) in [5.74, 6) is 2.78. The fraction of sp³-hybridized carbons (Fsp3) is 0.583. The Kier molecular flexibility index (Phi) is 6.55. The van der Waals surface area contributed by atoms with Crippen LogP contribution < -0.4 is 0 Å². The van der Waals surface area contributed by atoms with Crippen molar-refractivity contribution in [3.8, 4) is 0 Å². The third-order valence-corrected chi connectivity index (χ3v) is 6.78. The second-order valence-electron chi connectivity index (χ2n) is 4.04. The van der Waals surface area contributed by atoms with Crippen LogP contribution in [-0.2, 0) is 4.79 Å². The Hall–Kier alpha value is 0.310. The number of rotatable bonds is 6. The highest BCUT2D eigenvalue weighted by Crippen LogP contribution is 2.41. The minimum atomic E-state index is 0.160. The lowest BCUT2D eigenvalue weighted by Crippen LogP contribution is -2.38. The van der Waals surface area contributed by atoms with Crippen LogP contribution in [0, 0.1) is 0 Å². The van der Waals surface area contributed by atoms with Crippen molar-refractivity contribution in [3.05, 3.63) is 20.8 Å². The predicted octanol–water partition coefficient (Wildman–Crippen LogP) is 3.20. The highest BCUT2D eigenvalue weighted by molar-refractivity contribution is 9.11. The molecule has 0 bridgehead atoms. The third kappa shape index (κ3) is 4.39. The van der Waals surface area contributed by atoms with Gasteiger partial charge in [-0.25, -0.2) is 0 Å². The molecule has 3 nitrogen and oxygen atoms in total. The fourth-order valence-electron chi connectivity index (χ4n) is 1.89. The number of carbonyl (C=O) groups is 1. The first kappa shape index (κ1) is 15.7. The number of aliphatic hydroxyl groups is 1. The molecule has 2 rings (SSSR count). The van der Waals surface area contributed by atoms with E-state index in [-0.39, 0.29) is 17.9 Å². The average molecular weight is 382 g/mol. The summed E-state index contributed by atoms with van der Waals surface area (Å²) in [6, 6.07) is 4.14. The van der Waals surface area contributed by atoms with Crippen LogP contribution in [0.4, 0.5) is 0 Å². The molecule has 1 aromatic rings. The van der Waals surface area contributed by atoms with Gasteiger partial charge in [0.1, 0.15) is 5.37 Å². The number of thiophene rings is 1. The maximum absolute atomic E-state index is 12.1. The Morgan fingerprint density at radius 2 is 2.32 bits per heavy atom. The Bertz CT molecular complexity index is 427. The molecule has 19 heavy (non-hydrogen) atoms. The molecule has 1 unspecified atom stereocenters. The lowest BCUT2D eigenvalue weighted by atomic mass is 10.3. The number of halogens is 1. The minimum absolute atomic E-state index is 0.160. The van der Waals surface area contributed by atoms with Crippen LogP contribution in [0.15, 0.2) is 15.9 Å². The first-order chi connectivity index (χ1) is 9.22. The van der Waals surface area contributed by atoms with Crippen molar-refractivity contribution < 1.29 is 9.90 Å². The van der Waals surface area contributed by atoms with Gasteiger partial charge in [0.25, 0.3) is 0 Å². The molecular weight excluding hydrogens is 366 g/mol. The van der Waals surface area contributed by atoms with E-state index < -0.39 is 0 Å². The van der Waals surface area contributed by atoms with Crippen molar-refractivity contribution in [2.75, 3.05) is 30.4 Å². The van der Waals surface area contributed by atoms with Crippen LogP contribution in [0.2, 0.25) is 0 Å². The summed E-state index contributed by atoms with van der Waals surface area (Å²) in [5.41, 5.74) is 0. The molecule has 1 atom stereocenters. The quantitative estimate of drug-likeness (QED) is 0.768. The summed E-state index contributed by atoms with van der Waals surface area (Å²) >= 11 is 8.71. The molecule has 2 heterocycles. The summed E-state index contributed by atoms with van der Waals surface area (Å²) in [6.07, 6.45) is 0.637. The number of nitrogens with zero attached hydrogens (tertiary/aromatic N) is 1. The average Bonchev–Trinajstić information content (AvgIpc) is 2.82. The molecule has 1 aliphatic rings. The van der Waals surface area contributed by atoms with Gasteiger partial charge in [0.15, 0.2) is 0 Å². The van der Waals surface area contributed by atoms with Crippen molar-refractivity contribution in [2.24, 2.45) is 0 Å². The molecule has 1 amide bonds. The van der Waals surface area contributed by atoms with Crippen molar-refractivity contribution >= 4 is 56.7 Å². The molecule has 1 N–H and O–H groups in total. The lowest BCUT2D eigenvalue weighted by molar-refractivity contribution is -0.131. The SMILES string of the molecule is O=C1CCSC(c2ccc(Br)s2)N1CCSCCO. The van der Waals surface area contributed by atoms with Crippen LogP contribution in [0.3, 0.4) is 0 Å². The van der Waals surface area contributed by atoms with Gasteiger partial charge in [0.05, 0.1) is 10.4 Å². The van der Waals surface area contributed by atoms with Gasteiger partial charge < -0.3 is 10.0 Å². The van der Waals surface area contributed by atoms with Crippen molar-refractivity contribution in [1.29, 1.82) is 0 Å². The van der Waals surface area contributed by atoms with E-state index in [1.54, 1.807) is 23.1 Å². The number of aliphatic hydroxyl groups excluding tert-OH is 1. The maximum Gasteiger partial charge on any atom is 0.224 e. The molecule has 1 saturated heterocycles. The van der Waals surface area contributed by atoms with Gasteiger partial charge in [-0.2, -0.15) is 11.8 Å². The highest BCUT2D eigenvalue weighted by atomic mass is 79.9. The first-order valence-corrected chi connectivity index (χ1v) is 9.88. The molecule has 1 aromatic heterocycles. The molecule has 0 aromatic carbocycles. The van der Waals surface area contributed by atoms with Crippen LogP contribution in [0.25, 0.3) is 0 Å². The van der Waals surface area contributed by atoms with E-state index in [9.17, 15) is 4.79 Å². The second-order valence-corrected chi connectivity index (χ2v) is 8.95. The van der Waals surface area contributed by atoms with E-state index >= 15 is 0 Å². The van der Waals surface area contributed by atoms with E-state index in [1.807, 2.05) is 22.7 Å². The molecule has 1 aliphatic heterocycles. The van der Waals surface area contributed by atoms with Gasteiger partial charge in [0.2, 0.25) is 5.91 Å². The van der Waals surface area contributed by atoms with Crippen molar-refractivity contribution in [2.45, 2.75) is 11.8 Å². The Morgan fingerprint density at radius 1 is 1.47 bits per heavy atom. The second kappa shape index (κ2) is 7.93. The number of hydrogen-bond donors (Lipinski definition) is 1. The van der Waals surface area contributed by atoms with E-state index in [2.05, 4.69) is 22.0 Å². The standard InChI is InChI=1S/C12H16BrNO2S3/c13-10-2-1-9(19-10)12-14(4-7-17-8-5-15)11(16)3-6-18-12/h1-2,12,15H,3-8H2. The topological polar surface area (TPSA) is 40.5 Å². The van der Waals surface area contributed by atoms with Gasteiger partial charge >= 0.3 is 0 Å². The van der Waals surface area contributed by atoms with E-state index in [0.29, 0.717) is 6.42 Å². The molecular formula is C12H16BrNO2S3. The zero-order valence-corrected chi connectivity index (χ0v) is 14.4. The summed E-state index contributed by atoms with van der Waals surface area (Å²) in [4.78, 5) is 15.3. The van der Waals surface area contributed by atoms with Gasteiger partial charge in [-0.15, -0.1) is 23.1 Å². The van der Waals surface area contributed by atoms with Crippen LogP contribution in [0.1, 0.15) is 16.7 Å². The number of hydrogen-bond acceptors (Lipinski definition) is 5. The number of carbonyl (C=O) groups excluding carboxylic acids is 1. The van der Waals surface area contributed by atoms with Crippen molar-refractivity contribution in [1.82, 2.24) is 4.90 Å². The van der Waals surface area contributed by atoms with Gasteiger partial charge in [-0.1, -0.05) is 0 Å². The summed E-state index contributed by atoms with van der Waals surface area (Å²) < 4.78 is 1.11. The van der Waals surface area contributed by atoms with E-state index in [4.69, 9.17) is 5.11 Å². The zero-order chi connectivity index (χ0) is 13.7. The Labute approximate surface area is 134 Å². The summed E-state index contributed by atoms with van der Waals surface area (Å²) in [7, 11) is 0. The number of amides is 1. The highest BCUT2D eigenvalue weighted by Gasteiger charge is 2.30. The third-order valence-electron chi connectivity index (χ3n) is 2.74. The maximum atomic E-state index is 12.1. The fourth-order valence-corrected chi connectivity index (χ4v) is 5.48. The molecule has 0 aliphatic carbocycles. The van der Waals surface area contributed by atoms with Crippen LogP contribution in [0.5, 0.6) is 0 Å². The molecule has 0 saturated carbocycles. The Morgan fingerprint density at radius 3 is 3.00 bits per heavy atom. The first-order valence-electron chi connectivity index (χ1n) is 6.07. The monoisotopic (exact) mass is 381 g/mol. The lowest BCUT2D eigenvalue weighted by Gasteiger charge is -2.34. The molecule has 1 fully saturated rings. The normalized spacial score (nSPS) is 20.0. The molecule has 0 spiro atoms. The van der Waals surface area contributed by atoms with Gasteiger partial charge in [-0.3, -0.25) is 4.79 Å². The van der Waals surface area contributed by atoms with Crippen LogP contribution >= 0.6 is 50.8 Å². The van der Waals surface area contributed by atoms with E-state index in [1.165, 1.54) is 4.88 Å². The van der Waals surface area contributed by atoms with Crippen molar-refractivity contribution in [3.63, 3.8) is 0 Å². The Balaban J connectivity index is 1.99. The van der Waals surface area contributed by atoms with E-state index in [0.717, 1.165) is 27.6 Å². The zero-order valence-electron chi connectivity index (χ0n) is 10.4. The molecule has 0 radical (unpaired) electrons. The largest absolute Gasteiger partial charge is 0.396 e. The summed E-state index contributed by atoms with van der Waals surface area (Å²) in [6.45, 7) is 0.964. The summed E-state index contributed by atoms with van der Waals surface area (Å²) in [5, 5.41) is 8.94. The smallest absolute Gasteiger partial charge is 0.224 e. The minimum Gasteiger partial charge on any atom is -0.396 e. The molecule has 106 valence electrons. The predicted molar refractivity (Wildman–Crippen MR) is 88.0 cm³/mol.